The smallest absolute Gasteiger partial charge is 0.426 e. The third kappa shape index (κ3) is 14.4. The van der Waals surface area contributed by atoms with Gasteiger partial charge in [-0.15, -0.1) is 0 Å². The van der Waals surface area contributed by atoms with Crippen molar-refractivity contribution < 1.29 is 38.0 Å². The lowest BCUT2D eigenvalue weighted by molar-refractivity contribution is -0.143. The molecule has 0 aliphatic carbocycles. The summed E-state index contributed by atoms with van der Waals surface area (Å²) in [5.74, 6) is 1.70. The Hall–Kier alpha value is -2.64. The standard InChI is InChI=1S/C39H68N4O8/c1-27(2)30(23-29-13-14-33(47-11)35(24-29)49-20-12-19-46-10)25-32-34(50-39(8,9)40-32)26-31(28(3)4)36(44)43(41-37(45)51-38(5,6)7)16-15-42-17-21-48-22-18-42/h13-14,24,27-28,30-32,34,40H,12,15-23,25-26H2,1-11H3,(H,41,45)/t30-,31-,32-,34-/m0/s1. The molecule has 2 aliphatic heterocycles. The predicted octanol–water partition coefficient (Wildman–Crippen LogP) is 5.67. The lowest BCUT2D eigenvalue weighted by Gasteiger charge is -2.34. The van der Waals surface area contributed by atoms with Crippen molar-refractivity contribution in [2.45, 2.75) is 111 Å². The number of nitrogens with zero attached hydrogens (tertiary/aromatic N) is 2. The van der Waals surface area contributed by atoms with E-state index in [1.54, 1.807) is 14.2 Å². The Balaban J connectivity index is 1.78. The van der Waals surface area contributed by atoms with Gasteiger partial charge in [-0.25, -0.2) is 15.2 Å². The normalized spacial score (nSPS) is 20.6. The molecule has 2 fully saturated rings. The third-order valence-corrected chi connectivity index (χ3v) is 9.65. The Labute approximate surface area is 307 Å². The van der Waals surface area contributed by atoms with E-state index >= 15 is 0 Å². The molecule has 0 radical (unpaired) electrons. The number of methoxy groups -OCH3 is 2. The van der Waals surface area contributed by atoms with Gasteiger partial charge < -0.3 is 28.4 Å². The first-order valence-electron chi connectivity index (χ1n) is 18.9. The third-order valence-electron chi connectivity index (χ3n) is 9.65. The van der Waals surface area contributed by atoms with E-state index in [9.17, 15) is 9.59 Å². The van der Waals surface area contributed by atoms with E-state index in [1.165, 1.54) is 10.6 Å². The lowest BCUT2D eigenvalue weighted by atomic mass is 9.80. The number of carbonyl (C=O) groups is 2. The van der Waals surface area contributed by atoms with E-state index in [4.69, 9.17) is 28.4 Å². The maximum absolute atomic E-state index is 14.4. The second-order valence-electron chi connectivity index (χ2n) is 16.2. The van der Waals surface area contributed by atoms with Crippen molar-refractivity contribution >= 4 is 12.0 Å². The molecule has 51 heavy (non-hydrogen) atoms. The second kappa shape index (κ2) is 20.0. The molecule has 0 saturated carbocycles. The number of carbonyl (C=O) groups excluding carboxylic acids is 2. The molecule has 12 heteroatoms. The van der Waals surface area contributed by atoms with Crippen LogP contribution in [0.5, 0.6) is 11.5 Å². The molecule has 2 saturated heterocycles. The maximum Gasteiger partial charge on any atom is 0.426 e. The summed E-state index contributed by atoms with van der Waals surface area (Å²) < 4.78 is 34.6. The molecule has 4 atom stereocenters. The molecule has 0 unspecified atom stereocenters. The molecule has 0 bridgehead atoms. The van der Waals surface area contributed by atoms with E-state index < -0.39 is 17.4 Å². The summed E-state index contributed by atoms with van der Waals surface area (Å²) in [6, 6.07) is 6.23. The lowest BCUT2D eigenvalue weighted by Crippen LogP contribution is -2.54. The number of rotatable bonds is 18. The van der Waals surface area contributed by atoms with Gasteiger partial charge in [-0.2, -0.15) is 0 Å². The van der Waals surface area contributed by atoms with Crippen molar-refractivity contribution in [3.8, 4) is 11.5 Å². The molecule has 2 aliphatic rings. The van der Waals surface area contributed by atoms with Crippen LogP contribution in [0.1, 0.15) is 87.1 Å². The van der Waals surface area contributed by atoms with Crippen LogP contribution in [0.4, 0.5) is 4.79 Å². The van der Waals surface area contributed by atoms with Crippen molar-refractivity contribution in [3.05, 3.63) is 23.8 Å². The molecule has 2 heterocycles. The van der Waals surface area contributed by atoms with Gasteiger partial charge in [-0.1, -0.05) is 33.8 Å². The molecule has 1 aromatic carbocycles. The molecule has 2 amide bonds. The molecular weight excluding hydrogens is 652 g/mol. The zero-order valence-corrected chi connectivity index (χ0v) is 33.3. The maximum atomic E-state index is 14.4. The average Bonchev–Trinajstić information content (AvgIpc) is 3.34. The SMILES string of the molecule is COCCCOc1cc(C[C@@H](C[C@@H]2NC(C)(C)O[C@H]2C[C@H](C(=O)N(CCN2CCOCC2)NC(=O)OC(C)(C)C)C(C)C)C(C)C)ccc1OC. The number of hydrogen-bond donors (Lipinski definition) is 2. The summed E-state index contributed by atoms with van der Waals surface area (Å²) in [6.07, 6.45) is 2.22. The summed E-state index contributed by atoms with van der Waals surface area (Å²) in [5.41, 5.74) is 2.73. The predicted molar refractivity (Wildman–Crippen MR) is 199 cm³/mol. The van der Waals surface area contributed by atoms with Gasteiger partial charge in [0.25, 0.3) is 0 Å². The monoisotopic (exact) mass is 721 g/mol. The van der Waals surface area contributed by atoms with Crippen LogP contribution in [-0.2, 0) is 30.2 Å². The Morgan fingerprint density at radius 3 is 2.35 bits per heavy atom. The highest BCUT2D eigenvalue weighted by Crippen LogP contribution is 2.36. The number of hydrogen-bond acceptors (Lipinski definition) is 10. The van der Waals surface area contributed by atoms with Crippen LogP contribution in [-0.4, -0.2) is 112 Å². The minimum absolute atomic E-state index is 0.0132. The minimum Gasteiger partial charge on any atom is -0.493 e. The van der Waals surface area contributed by atoms with Gasteiger partial charge in [-0.3, -0.25) is 15.0 Å². The molecular formula is C39H68N4O8. The summed E-state index contributed by atoms with van der Waals surface area (Å²) in [5, 5.41) is 5.21. The topological polar surface area (TPSA) is 120 Å². The van der Waals surface area contributed by atoms with Crippen LogP contribution in [0.25, 0.3) is 0 Å². The zero-order chi connectivity index (χ0) is 37.8. The number of hydrazine groups is 1. The molecule has 1 aromatic rings. The Morgan fingerprint density at radius 2 is 1.75 bits per heavy atom. The number of nitrogens with one attached hydrogen (secondary N) is 2. The van der Waals surface area contributed by atoms with E-state index in [2.05, 4.69) is 55.5 Å². The van der Waals surface area contributed by atoms with E-state index in [1.807, 2.05) is 40.7 Å². The molecule has 3 rings (SSSR count). The summed E-state index contributed by atoms with van der Waals surface area (Å²) in [7, 11) is 3.35. The number of benzene rings is 1. The average molecular weight is 721 g/mol. The highest BCUT2D eigenvalue weighted by molar-refractivity contribution is 5.81. The van der Waals surface area contributed by atoms with Gasteiger partial charge in [0, 0.05) is 51.7 Å². The highest BCUT2D eigenvalue weighted by Gasteiger charge is 2.44. The first-order chi connectivity index (χ1) is 24.0. The largest absolute Gasteiger partial charge is 0.493 e. The second-order valence-corrected chi connectivity index (χ2v) is 16.2. The van der Waals surface area contributed by atoms with Crippen LogP contribution >= 0.6 is 0 Å². The van der Waals surface area contributed by atoms with Gasteiger partial charge >= 0.3 is 6.09 Å². The van der Waals surface area contributed by atoms with E-state index in [0.717, 1.165) is 43.9 Å². The van der Waals surface area contributed by atoms with Gasteiger partial charge in [0.15, 0.2) is 11.5 Å². The van der Waals surface area contributed by atoms with Crippen molar-refractivity contribution in [1.29, 1.82) is 0 Å². The van der Waals surface area contributed by atoms with Gasteiger partial charge in [-0.05, 0) is 89.3 Å². The van der Waals surface area contributed by atoms with E-state index in [0.29, 0.717) is 57.8 Å². The Bertz CT molecular complexity index is 1210. The van der Waals surface area contributed by atoms with Gasteiger partial charge in [0.2, 0.25) is 5.91 Å². The molecule has 0 aromatic heterocycles. The van der Waals surface area contributed by atoms with Crippen LogP contribution in [0, 0.1) is 23.7 Å². The van der Waals surface area contributed by atoms with E-state index in [-0.39, 0.29) is 29.9 Å². The Kier molecular flexibility index (Phi) is 16.8. The highest BCUT2D eigenvalue weighted by atomic mass is 16.6. The fourth-order valence-electron chi connectivity index (χ4n) is 6.83. The van der Waals surface area contributed by atoms with Crippen LogP contribution in [0.15, 0.2) is 18.2 Å². The quantitative estimate of drug-likeness (QED) is 0.145. The number of ether oxygens (including phenoxy) is 6. The fourth-order valence-corrected chi connectivity index (χ4v) is 6.83. The number of morpholine rings is 1. The van der Waals surface area contributed by atoms with Crippen LogP contribution in [0.2, 0.25) is 0 Å². The van der Waals surface area contributed by atoms with Crippen molar-refractivity contribution in [3.63, 3.8) is 0 Å². The number of amides is 2. The molecule has 292 valence electrons. The minimum atomic E-state index is -0.694. The van der Waals surface area contributed by atoms with Crippen molar-refractivity contribution in [2.24, 2.45) is 23.7 Å². The molecule has 0 spiro atoms. The summed E-state index contributed by atoms with van der Waals surface area (Å²) in [4.78, 5) is 29.6. The first kappa shape index (κ1) is 42.8. The summed E-state index contributed by atoms with van der Waals surface area (Å²) in [6.45, 7) is 23.2. The first-order valence-corrected chi connectivity index (χ1v) is 18.9. The van der Waals surface area contributed by atoms with Crippen LogP contribution in [0.3, 0.4) is 0 Å². The molecule has 12 nitrogen and oxygen atoms in total. The van der Waals surface area contributed by atoms with Crippen molar-refractivity contribution in [1.82, 2.24) is 20.7 Å². The zero-order valence-electron chi connectivity index (χ0n) is 33.3. The van der Waals surface area contributed by atoms with Crippen molar-refractivity contribution in [2.75, 3.05) is 66.8 Å². The van der Waals surface area contributed by atoms with Gasteiger partial charge in [0.1, 0.15) is 11.3 Å². The van der Waals surface area contributed by atoms with Crippen LogP contribution < -0.4 is 20.2 Å². The molecule has 2 N–H and O–H groups in total. The van der Waals surface area contributed by atoms with Gasteiger partial charge in [0.05, 0.1) is 39.6 Å². The fraction of sp³-hybridized carbons (Fsp3) is 0.795. The summed E-state index contributed by atoms with van der Waals surface area (Å²) >= 11 is 0. The Morgan fingerprint density at radius 1 is 1.04 bits per heavy atom.